The van der Waals surface area contributed by atoms with Gasteiger partial charge in [-0.1, -0.05) is 12.2 Å². The lowest BCUT2D eigenvalue weighted by atomic mass is 9.88. The van der Waals surface area contributed by atoms with E-state index < -0.39 is 0 Å². The molecule has 2 aliphatic rings. The summed E-state index contributed by atoms with van der Waals surface area (Å²) in [5.74, 6) is 0.865. The highest BCUT2D eigenvalue weighted by molar-refractivity contribution is 4.97. The van der Waals surface area contributed by atoms with Crippen LogP contribution in [0.4, 0.5) is 0 Å². The molecule has 2 heteroatoms. The Morgan fingerprint density at radius 1 is 1.25 bits per heavy atom. The molecule has 2 nitrogen and oxygen atoms in total. The van der Waals surface area contributed by atoms with Crippen LogP contribution in [0.2, 0.25) is 0 Å². The monoisotopic (exact) mass is 166 g/mol. The second-order valence-corrected chi connectivity index (χ2v) is 3.83. The van der Waals surface area contributed by atoms with Crippen molar-refractivity contribution in [2.45, 2.75) is 25.3 Å². The van der Waals surface area contributed by atoms with Crippen molar-refractivity contribution in [2.75, 3.05) is 19.6 Å². The van der Waals surface area contributed by atoms with Gasteiger partial charge < -0.3 is 10.6 Å². The van der Waals surface area contributed by atoms with Gasteiger partial charge in [-0.2, -0.15) is 0 Å². The molecule has 68 valence electrons. The average molecular weight is 166 g/mol. The maximum Gasteiger partial charge on any atom is 0.0145 e. The molecule has 0 bridgehead atoms. The molecule has 0 aromatic carbocycles. The van der Waals surface area contributed by atoms with Gasteiger partial charge in [0.2, 0.25) is 0 Å². The van der Waals surface area contributed by atoms with Gasteiger partial charge in [0.25, 0.3) is 0 Å². The fourth-order valence-corrected chi connectivity index (χ4v) is 2.21. The number of hydrogen-bond donors (Lipinski definition) is 2. The third-order valence-corrected chi connectivity index (χ3v) is 2.96. The lowest BCUT2D eigenvalue weighted by molar-refractivity contribution is 0.286. The fraction of sp³-hybridized carbons (Fsp3) is 0.800. The van der Waals surface area contributed by atoms with E-state index in [0.29, 0.717) is 0 Å². The van der Waals surface area contributed by atoms with Crippen LogP contribution >= 0.6 is 0 Å². The van der Waals surface area contributed by atoms with Crippen molar-refractivity contribution >= 4 is 0 Å². The van der Waals surface area contributed by atoms with Crippen molar-refractivity contribution in [3.8, 4) is 0 Å². The van der Waals surface area contributed by atoms with Gasteiger partial charge in [-0.3, -0.25) is 0 Å². The van der Waals surface area contributed by atoms with Crippen LogP contribution < -0.4 is 10.6 Å². The first-order valence-electron chi connectivity index (χ1n) is 5.06. The maximum absolute atomic E-state index is 3.56. The van der Waals surface area contributed by atoms with Crippen LogP contribution in [-0.2, 0) is 0 Å². The summed E-state index contributed by atoms with van der Waals surface area (Å²) in [4.78, 5) is 0. The van der Waals surface area contributed by atoms with Crippen LogP contribution in [-0.4, -0.2) is 25.7 Å². The number of piperidine rings is 1. The molecular weight excluding hydrogens is 148 g/mol. The van der Waals surface area contributed by atoms with Gasteiger partial charge in [0.05, 0.1) is 0 Å². The molecule has 1 fully saturated rings. The molecule has 0 aliphatic carbocycles. The summed E-state index contributed by atoms with van der Waals surface area (Å²) in [6.07, 6.45) is 8.53. The first kappa shape index (κ1) is 8.27. The number of hydrogen-bond acceptors (Lipinski definition) is 2. The van der Waals surface area contributed by atoms with E-state index in [0.717, 1.165) is 18.5 Å². The summed E-state index contributed by atoms with van der Waals surface area (Å²) in [6, 6.07) is 0.739. The van der Waals surface area contributed by atoms with Crippen molar-refractivity contribution in [3.05, 3.63) is 12.2 Å². The van der Waals surface area contributed by atoms with Crippen LogP contribution in [0.25, 0.3) is 0 Å². The first-order valence-corrected chi connectivity index (χ1v) is 5.06. The fourth-order valence-electron chi connectivity index (χ4n) is 2.21. The normalized spacial score (nSPS) is 36.7. The number of rotatable bonds is 1. The van der Waals surface area contributed by atoms with Gasteiger partial charge in [-0.05, 0) is 38.3 Å². The zero-order valence-electron chi connectivity index (χ0n) is 7.55. The van der Waals surface area contributed by atoms with Crippen LogP contribution in [0.1, 0.15) is 19.3 Å². The van der Waals surface area contributed by atoms with E-state index in [1.165, 1.54) is 32.4 Å². The predicted molar refractivity (Wildman–Crippen MR) is 51.1 cm³/mol. The molecule has 2 rings (SSSR count). The van der Waals surface area contributed by atoms with E-state index in [4.69, 9.17) is 0 Å². The summed E-state index contributed by atoms with van der Waals surface area (Å²) in [5.41, 5.74) is 0. The van der Waals surface area contributed by atoms with Gasteiger partial charge in [-0.15, -0.1) is 0 Å². The molecule has 2 N–H and O–H groups in total. The third-order valence-electron chi connectivity index (χ3n) is 2.96. The quantitative estimate of drug-likeness (QED) is 0.566. The zero-order chi connectivity index (χ0) is 8.23. The highest BCUT2D eigenvalue weighted by Gasteiger charge is 2.22. The van der Waals surface area contributed by atoms with Gasteiger partial charge in [0.15, 0.2) is 0 Å². The van der Waals surface area contributed by atoms with Crippen LogP contribution in [0.5, 0.6) is 0 Å². The molecule has 0 radical (unpaired) electrons. The zero-order valence-corrected chi connectivity index (χ0v) is 7.55. The predicted octanol–water partition coefficient (Wildman–Crippen LogP) is 0.904. The van der Waals surface area contributed by atoms with E-state index in [9.17, 15) is 0 Å². The Kier molecular flexibility index (Phi) is 2.79. The Hall–Kier alpha value is -0.340. The summed E-state index contributed by atoms with van der Waals surface area (Å²) < 4.78 is 0. The minimum absolute atomic E-state index is 0.739. The van der Waals surface area contributed by atoms with Crippen molar-refractivity contribution in [3.63, 3.8) is 0 Å². The summed E-state index contributed by atoms with van der Waals surface area (Å²) >= 11 is 0. The largest absolute Gasteiger partial charge is 0.316 e. The molecule has 0 aromatic heterocycles. The van der Waals surface area contributed by atoms with E-state index in [-0.39, 0.29) is 0 Å². The molecule has 12 heavy (non-hydrogen) atoms. The van der Waals surface area contributed by atoms with E-state index in [2.05, 4.69) is 22.8 Å². The molecule has 0 amide bonds. The minimum atomic E-state index is 0.739. The van der Waals surface area contributed by atoms with E-state index in [1.54, 1.807) is 0 Å². The van der Waals surface area contributed by atoms with Crippen molar-refractivity contribution in [1.29, 1.82) is 0 Å². The highest BCUT2D eigenvalue weighted by Crippen LogP contribution is 2.18. The topological polar surface area (TPSA) is 24.1 Å². The Labute approximate surface area is 74.4 Å². The Morgan fingerprint density at radius 2 is 2.25 bits per heavy atom. The van der Waals surface area contributed by atoms with Crippen LogP contribution in [0.3, 0.4) is 0 Å². The van der Waals surface area contributed by atoms with Crippen molar-refractivity contribution in [2.24, 2.45) is 5.92 Å². The molecule has 2 atom stereocenters. The summed E-state index contributed by atoms with van der Waals surface area (Å²) in [5, 5.41) is 7.03. The van der Waals surface area contributed by atoms with Gasteiger partial charge in [-0.25, -0.2) is 0 Å². The molecule has 0 aromatic rings. The van der Waals surface area contributed by atoms with Gasteiger partial charge in [0, 0.05) is 12.6 Å². The molecule has 0 spiro atoms. The Bertz CT molecular complexity index is 159. The second-order valence-electron chi connectivity index (χ2n) is 3.83. The summed E-state index contributed by atoms with van der Waals surface area (Å²) in [7, 11) is 0. The molecular formula is C10H18N2. The third kappa shape index (κ3) is 1.87. The molecule has 2 unspecified atom stereocenters. The molecule has 2 heterocycles. The minimum Gasteiger partial charge on any atom is -0.316 e. The smallest absolute Gasteiger partial charge is 0.0145 e. The molecule has 2 aliphatic heterocycles. The SMILES string of the molecule is C1=CCC(C2CCCNC2)NC1. The highest BCUT2D eigenvalue weighted by atomic mass is 15.0. The van der Waals surface area contributed by atoms with Crippen molar-refractivity contribution < 1.29 is 0 Å². The number of nitrogens with one attached hydrogen (secondary N) is 2. The second kappa shape index (κ2) is 4.06. The lowest BCUT2D eigenvalue weighted by Gasteiger charge is -2.32. The van der Waals surface area contributed by atoms with Crippen molar-refractivity contribution in [1.82, 2.24) is 10.6 Å². The maximum atomic E-state index is 3.56. The first-order chi connectivity index (χ1) is 5.97. The molecule has 0 saturated carbocycles. The average Bonchev–Trinajstić information content (AvgIpc) is 2.21. The molecule has 1 saturated heterocycles. The lowest BCUT2D eigenvalue weighted by Crippen LogP contribution is -2.44. The van der Waals surface area contributed by atoms with Crippen LogP contribution in [0.15, 0.2) is 12.2 Å². The van der Waals surface area contributed by atoms with E-state index >= 15 is 0 Å². The van der Waals surface area contributed by atoms with Gasteiger partial charge in [0.1, 0.15) is 0 Å². The van der Waals surface area contributed by atoms with Gasteiger partial charge >= 0.3 is 0 Å². The summed E-state index contributed by atoms with van der Waals surface area (Å²) in [6.45, 7) is 3.51. The Morgan fingerprint density at radius 3 is 2.92 bits per heavy atom. The van der Waals surface area contributed by atoms with Crippen LogP contribution in [0, 0.1) is 5.92 Å². The standard InChI is InChI=1S/C10H18N2/c1-2-7-12-10(5-1)9-4-3-6-11-8-9/h1-2,9-12H,3-8H2. The Balaban J connectivity index is 1.85. The van der Waals surface area contributed by atoms with E-state index in [1.807, 2.05) is 0 Å².